The molecule has 4 nitrogen and oxygen atoms in total. The number of anilines is 1. The molecule has 1 aromatic heterocycles. The molecule has 0 aliphatic rings. The zero-order valence-electron chi connectivity index (χ0n) is 10.4. The number of carbonyl (C=O) groups is 1. The summed E-state index contributed by atoms with van der Waals surface area (Å²) in [7, 11) is 1.58. The minimum absolute atomic E-state index is 0.209. The molecule has 1 amide bonds. The molecular weight excluding hydrogens is 247 g/mol. The van der Waals surface area contributed by atoms with Gasteiger partial charge in [-0.25, -0.2) is 4.39 Å². The summed E-state index contributed by atoms with van der Waals surface area (Å²) < 4.78 is 17.9. The predicted octanol–water partition coefficient (Wildman–Crippen LogP) is 2.41. The first-order valence-electron chi connectivity index (χ1n) is 5.71. The molecule has 1 aromatic carbocycles. The van der Waals surface area contributed by atoms with Crippen molar-refractivity contribution in [3.05, 3.63) is 54.1 Å². The highest BCUT2D eigenvalue weighted by molar-refractivity contribution is 5.92. The summed E-state index contributed by atoms with van der Waals surface area (Å²) in [5.74, 6) is 0.0262. The molecule has 0 atom stereocenters. The quantitative estimate of drug-likeness (QED) is 0.918. The highest BCUT2D eigenvalue weighted by Gasteiger charge is 2.05. The zero-order valence-corrected chi connectivity index (χ0v) is 10.4. The topological polar surface area (TPSA) is 51.2 Å². The molecule has 0 saturated carbocycles. The lowest BCUT2D eigenvalue weighted by Crippen LogP contribution is -2.14. The molecule has 2 rings (SSSR count). The number of hydrogen-bond acceptors (Lipinski definition) is 3. The molecule has 0 aliphatic carbocycles. The summed E-state index contributed by atoms with van der Waals surface area (Å²) in [6, 6.07) is 8.40. The summed E-state index contributed by atoms with van der Waals surface area (Å²) >= 11 is 0. The normalized spacial score (nSPS) is 10.0. The van der Waals surface area contributed by atoms with Gasteiger partial charge >= 0.3 is 0 Å². The van der Waals surface area contributed by atoms with E-state index in [-0.39, 0.29) is 12.3 Å². The highest BCUT2D eigenvalue weighted by Crippen LogP contribution is 2.13. The van der Waals surface area contributed by atoms with Crippen LogP contribution in [0, 0.1) is 5.82 Å². The molecule has 0 fully saturated rings. The zero-order chi connectivity index (χ0) is 13.7. The second-order valence-electron chi connectivity index (χ2n) is 3.96. The second-order valence-corrected chi connectivity index (χ2v) is 3.96. The Morgan fingerprint density at radius 2 is 2.05 bits per heavy atom. The number of nitrogens with zero attached hydrogens (tertiary/aromatic N) is 1. The summed E-state index contributed by atoms with van der Waals surface area (Å²) in [4.78, 5) is 15.4. The predicted molar refractivity (Wildman–Crippen MR) is 69.5 cm³/mol. The van der Waals surface area contributed by atoms with Crippen LogP contribution in [0.2, 0.25) is 0 Å². The molecule has 0 radical (unpaired) electrons. The van der Waals surface area contributed by atoms with E-state index in [2.05, 4.69) is 10.3 Å². The molecular formula is C14H13FN2O2. The lowest BCUT2D eigenvalue weighted by Gasteiger charge is -2.05. The number of methoxy groups -OCH3 is 1. The number of rotatable bonds is 4. The maximum absolute atomic E-state index is 12.9. The van der Waals surface area contributed by atoms with Crippen LogP contribution in [0.25, 0.3) is 0 Å². The highest BCUT2D eigenvalue weighted by atomic mass is 19.1. The fourth-order valence-electron chi connectivity index (χ4n) is 1.61. The molecule has 0 aliphatic heterocycles. The van der Waals surface area contributed by atoms with E-state index in [9.17, 15) is 9.18 Å². The van der Waals surface area contributed by atoms with Crippen LogP contribution in [0.1, 0.15) is 5.56 Å². The molecule has 5 heteroatoms. The van der Waals surface area contributed by atoms with Crippen LogP contribution in [-0.4, -0.2) is 18.0 Å². The van der Waals surface area contributed by atoms with Crippen molar-refractivity contribution in [1.29, 1.82) is 0 Å². The molecule has 1 N–H and O–H groups in total. The van der Waals surface area contributed by atoms with Gasteiger partial charge < -0.3 is 10.1 Å². The second kappa shape index (κ2) is 5.95. The van der Waals surface area contributed by atoms with Gasteiger partial charge in [-0.2, -0.15) is 0 Å². The van der Waals surface area contributed by atoms with Crippen LogP contribution in [-0.2, 0) is 11.2 Å². The van der Waals surface area contributed by atoms with Crippen molar-refractivity contribution in [1.82, 2.24) is 4.98 Å². The van der Waals surface area contributed by atoms with E-state index in [4.69, 9.17) is 4.74 Å². The maximum atomic E-state index is 12.9. The Kier molecular flexibility index (Phi) is 4.07. The fourth-order valence-corrected chi connectivity index (χ4v) is 1.61. The van der Waals surface area contributed by atoms with Crippen LogP contribution in [0.4, 0.5) is 10.1 Å². The summed E-state index contributed by atoms with van der Waals surface area (Å²) in [6.07, 6.45) is 2.69. The summed E-state index contributed by atoms with van der Waals surface area (Å²) in [6.45, 7) is 0. The van der Waals surface area contributed by atoms with Crippen molar-refractivity contribution in [2.24, 2.45) is 0 Å². The number of hydrogen-bond donors (Lipinski definition) is 1. The number of halogens is 1. The van der Waals surface area contributed by atoms with Crippen LogP contribution < -0.4 is 10.1 Å². The van der Waals surface area contributed by atoms with E-state index in [1.807, 2.05) is 12.1 Å². The third-order valence-corrected chi connectivity index (χ3v) is 2.51. The minimum atomic E-state index is -0.484. The molecule has 1 heterocycles. The maximum Gasteiger partial charge on any atom is 0.228 e. The van der Waals surface area contributed by atoms with Crippen molar-refractivity contribution < 1.29 is 13.9 Å². The van der Waals surface area contributed by atoms with Gasteiger partial charge in [0.2, 0.25) is 5.91 Å². The van der Waals surface area contributed by atoms with E-state index < -0.39 is 5.82 Å². The van der Waals surface area contributed by atoms with E-state index in [1.165, 1.54) is 12.3 Å². The van der Waals surface area contributed by atoms with Gasteiger partial charge in [-0.1, -0.05) is 12.1 Å². The lowest BCUT2D eigenvalue weighted by atomic mass is 10.1. The van der Waals surface area contributed by atoms with Crippen LogP contribution in [0.5, 0.6) is 5.75 Å². The average molecular weight is 260 g/mol. The fraction of sp³-hybridized carbons (Fsp3) is 0.143. The van der Waals surface area contributed by atoms with E-state index >= 15 is 0 Å². The van der Waals surface area contributed by atoms with E-state index in [0.717, 1.165) is 17.5 Å². The van der Waals surface area contributed by atoms with Crippen molar-refractivity contribution >= 4 is 11.6 Å². The summed E-state index contributed by atoms with van der Waals surface area (Å²) in [5, 5.41) is 2.59. The van der Waals surface area contributed by atoms with Crippen molar-refractivity contribution in [2.45, 2.75) is 6.42 Å². The minimum Gasteiger partial charge on any atom is -0.497 e. The van der Waals surface area contributed by atoms with Gasteiger partial charge in [0.05, 0.1) is 31.6 Å². The molecule has 19 heavy (non-hydrogen) atoms. The first-order valence-corrected chi connectivity index (χ1v) is 5.71. The van der Waals surface area contributed by atoms with Crippen molar-refractivity contribution in [2.75, 3.05) is 12.4 Å². The third-order valence-electron chi connectivity index (χ3n) is 2.51. The molecule has 98 valence electrons. The first kappa shape index (κ1) is 13.0. The Labute approximate surface area is 110 Å². The van der Waals surface area contributed by atoms with E-state index in [1.54, 1.807) is 19.2 Å². The Morgan fingerprint density at radius 3 is 2.68 bits per heavy atom. The Hall–Kier alpha value is -2.43. The summed E-state index contributed by atoms with van der Waals surface area (Å²) in [5.41, 5.74) is 1.20. The Morgan fingerprint density at radius 1 is 1.32 bits per heavy atom. The number of ether oxygens (including phenoxy) is 1. The van der Waals surface area contributed by atoms with Crippen LogP contribution in [0.15, 0.2) is 42.7 Å². The number of nitrogens with one attached hydrogen (secondary N) is 1. The molecule has 0 spiro atoms. The van der Waals surface area contributed by atoms with Gasteiger partial charge in [0.1, 0.15) is 11.6 Å². The average Bonchev–Trinajstić information content (AvgIpc) is 2.39. The standard InChI is InChI=1S/C14H13FN2O2/c1-19-13-4-2-10(3-5-13)6-14(18)17-12-7-11(15)8-16-9-12/h2-5,7-9H,6H2,1H3,(H,17,18). The van der Waals surface area contributed by atoms with Crippen LogP contribution in [0.3, 0.4) is 0 Å². The monoisotopic (exact) mass is 260 g/mol. The Balaban J connectivity index is 1.97. The number of carbonyl (C=O) groups excluding carboxylic acids is 1. The van der Waals surface area contributed by atoms with Gasteiger partial charge in [-0.05, 0) is 17.7 Å². The molecule has 2 aromatic rings. The lowest BCUT2D eigenvalue weighted by molar-refractivity contribution is -0.115. The third kappa shape index (κ3) is 3.77. The van der Waals surface area contributed by atoms with Crippen molar-refractivity contribution in [3.63, 3.8) is 0 Å². The smallest absolute Gasteiger partial charge is 0.228 e. The van der Waals surface area contributed by atoms with Gasteiger partial charge in [0.15, 0.2) is 0 Å². The number of benzene rings is 1. The van der Waals surface area contributed by atoms with Gasteiger partial charge in [-0.15, -0.1) is 0 Å². The van der Waals surface area contributed by atoms with E-state index in [0.29, 0.717) is 5.69 Å². The van der Waals surface area contributed by atoms with Crippen molar-refractivity contribution in [3.8, 4) is 5.75 Å². The molecule has 0 bridgehead atoms. The first-order chi connectivity index (χ1) is 9.17. The van der Waals surface area contributed by atoms with Crippen LogP contribution >= 0.6 is 0 Å². The number of aromatic nitrogens is 1. The number of amides is 1. The largest absolute Gasteiger partial charge is 0.497 e. The number of pyridine rings is 1. The molecule has 0 saturated heterocycles. The molecule has 0 unspecified atom stereocenters. The Bertz CT molecular complexity index is 570. The van der Waals surface area contributed by atoms with Gasteiger partial charge in [0, 0.05) is 6.07 Å². The van der Waals surface area contributed by atoms with Gasteiger partial charge in [0.25, 0.3) is 0 Å². The van der Waals surface area contributed by atoms with Gasteiger partial charge in [-0.3, -0.25) is 9.78 Å². The SMILES string of the molecule is COc1ccc(CC(=O)Nc2cncc(F)c2)cc1.